The van der Waals surface area contributed by atoms with Crippen LogP contribution in [0.1, 0.15) is 30.4 Å². The molecule has 1 saturated heterocycles. The summed E-state index contributed by atoms with van der Waals surface area (Å²) in [5.41, 5.74) is 1.96. The van der Waals surface area contributed by atoms with Gasteiger partial charge in [-0.05, 0) is 29.9 Å². The third-order valence-corrected chi connectivity index (χ3v) is 3.99. The monoisotopic (exact) mass is 315 g/mol. The van der Waals surface area contributed by atoms with Crippen LogP contribution in [0.15, 0.2) is 24.3 Å². The van der Waals surface area contributed by atoms with E-state index in [1.54, 1.807) is 4.90 Å². The summed E-state index contributed by atoms with van der Waals surface area (Å²) >= 11 is 0. The Balaban J connectivity index is 1.80. The predicted octanol–water partition coefficient (Wildman–Crippen LogP) is 2.91. The third-order valence-electron chi connectivity index (χ3n) is 3.99. The molecule has 0 saturated carbocycles. The lowest BCUT2D eigenvalue weighted by Gasteiger charge is -2.17. The van der Waals surface area contributed by atoms with Crippen LogP contribution in [0, 0.1) is 5.92 Å². The van der Waals surface area contributed by atoms with Crippen LogP contribution < -0.4 is 0 Å². The Bertz CT molecular complexity index is 499. The lowest BCUT2D eigenvalue weighted by molar-refractivity contribution is -0.148. The zero-order valence-electron chi connectivity index (χ0n) is 12.3. The largest absolute Gasteiger partial charge is 0.392 e. The Labute approximate surface area is 127 Å². The van der Waals surface area contributed by atoms with E-state index in [1.807, 2.05) is 24.3 Å². The number of carbonyl (C=O) groups excluding carboxylic acids is 1. The number of amides is 1. The first-order valence-electron chi connectivity index (χ1n) is 7.40. The van der Waals surface area contributed by atoms with Gasteiger partial charge >= 0.3 is 6.18 Å². The van der Waals surface area contributed by atoms with Crippen LogP contribution in [0.2, 0.25) is 0 Å². The molecular formula is C16H20F3NO2. The maximum Gasteiger partial charge on any atom is 0.389 e. The van der Waals surface area contributed by atoms with Gasteiger partial charge in [-0.15, -0.1) is 0 Å². The number of carbonyl (C=O) groups is 1. The number of aliphatic hydroxyl groups is 1. The Morgan fingerprint density at radius 1 is 1.23 bits per heavy atom. The summed E-state index contributed by atoms with van der Waals surface area (Å²) in [6, 6.07) is 7.60. The Morgan fingerprint density at radius 2 is 1.86 bits per heavy atom. The fraction of sp³-hybridized carbons (Fsp3) is 0.562. The molecule has 0 bridgehead atoms. The van der Waals surface area contributed by atoms with Crippen molar-refractivity contribution < 1.29 is 23.1 Å². The minimum absolute atomic E-state index is 0.00515. The van der Waals surface area contributed by atoms with Crippen molar-refractivity contribution in [1.82, 2.24) is 4.90 Å². The molecule has 1 heterocycles. The van der Waals surface area contributed by atoms with Gasteiger partial charge in [-0.3, -0.25) is 4.79 Å². The molecule has 1 aliphatic rings. The minimum Gasteiger partial charge on any atom is -0.392 e. The van der Waals surface area contributed by atoms with Gasteiger partial charge in [-0.1, -0.05) is 24.3 Å². The van der Waals surface area contributed by atoms with Crippen molar-refractivity contribution in [2.75, 3.05) is 13.1 Å². The first-order valence-corrected chi connectivity index (χ1v) is 7.40. The summed E-state index contributed by atoms with van der Waals surface area (Å²) in [6.07, 6.45) is -4.16. The molecule has 122 valence electrons. The summed E-state index contributed by atoms with van der Waals surface area (Å²) in [7, 11) is 0. The summed E-state index contributed by atoms with van der Waals surface area (Å²) in [5.74, 6) is -0.120. The predicted molar refractivity (Wildman–Crippen MR) is 76.0 cm³/mol. The van der Waals surface area contributed by atoms with Crippen LogP contribution in [0.3, 0.4) is 0 Å². The smallest absolute Gasteiger partial charge is 0.389 e. The molecule has 1 N–H and O–H groups in total. The van der Waals surface area contributed by atoms with Crippen LogP contribution in [-0.4, -0.2) is 35.2 Å². The van der Waals surface area contributed by atoms with E-state index in [0.717, 1.165) is 24.0 Å². The fourth-order valence-electron chi connectivity index (χ4n) is 2.75. The van der Waals surface area contributed by atoms with Gasteiger partial charge in [0.2, 0.25) is 5.91 Å². The van der Waals surface area contributed by atoms with Crippen molar-refractivity contribution in [3.8, 4) is 0 Å². The van der Waals surface area contributed by atoms with E-state index in [9.17, 15) is 18.0 Å². The Kier molecular flexibility index (Phi) is 5.45. The topological polar surface area (TPSA) is 40.5 Å². The maximum absolute atomic E-state index is 12.1. The zero-order chi connectivity index (χ0) is 16.2. The van der Waals surface area contributed by atoms with E-state index < -0.39 is 24.9 Å². The van der Waals surface area contributed by atoms with Crippen molar-refractivity contribution in [2.24, 2.45) is 5.92 Å². The molecule has 1 aromatic carbocycles. The average molecular weight is 315 g/mol. The number of halogens is 3. The molecule has 1 atom stereocenters. The van der Waals surface area contributed by atoms with Crippen molar-refractivity contribution in [3.05, 3.63) is 35.4 Å². The van der Waals surface area contributed by atoms with Gasteiger partial charge in [0.15, 0.2) is 0 Å². The molecule has 1 amide bonds. The SMILES string of the molecule is O=C(CCC(F)(F)F)N1CC[C@H](Cc2ccc(CO)cc2)C1. The van der Waals surface area contributed by atoms with Crippen molar-refractivity contribution in [1.29, 1.82) is 0 Å². The van der Waals surface area contributed by atoms with E-state index in [2.05, 4.69) is 0 Å². The molecule has 2 rings (SSSR count). The summed E-state index contributed by atoms with van der Waals surface area (Å²) < 4.78 is 36.4. The molecular weight excluding hydrogens is 295 g/mol. The minimum atomic E-state index is -4.27. The van der Waals surface area contributed by atoms with Crippen LogP contribution >= 0.6 is 0 Å². The highest BCUT2D eigenvalue weighted by Gasteiger charge is 2.31. The van der Waals surface area contributed by atoms with Gasteiger partial charge < -0.3 is 10.0 Å². The summed E-state index contributed by atoms with van der Waals surface area (Å²) in [5, 5.41) is 8.99. The highest BCUT2D eigenvalue weighted by molar-refractivity contribution is 5.76. The first kappa shape index (κ1) is 16.8. The van der Waals surface area contributed by atoms with E-state index in [0.29, 0.717) is 13.1 Å². The molecule has 0 unspecified atom stereocenters. The lowest BCUT2D eigenvalue weighted by atomic mass is 9.98. The Hall–Kier alpha value is -1.56. The van der Waals surface area contributed by atoms with Gasteiger partial charge in [0, 0.05) is 19.5 Å². The second-order valence-corrected chi connectivity index (χ2v) is 5.79. The number of hydrogen-bond donors (Lipinski definition) is 1. The second-order valence-electron chi connectivity index (χ2n) is 5.79. The number of nitrogens with zero attached hydrogens (tertiary/aromatic N) is 1. The van der Waals surface area contributed by atoms with Crippen molar-refractivity contribution >= 4 is 5.91 Å². The summed E-state index contributed by atoms with van der Waals surface area (Å²) in [6.45, 7) is 1.07. The van der Waals surface area contributed by atoms with Gasteiger partial charge in [0.1, 0.15) is 0 Å². The molecule has 6 heteroatoms. The Morgan fingerprint density at radius 3 is 2.45 bits per heavy atom. The number of aliphatic hydroxyl groups excluding tert-OH is 1. The molecule has 3 nitrogen and oxygen atoms in total. The lowest BCUT2D eigenvalue weighted by Crippen LogP contribution is -2.29. The van der Waals surface area contributed by atoms with E-state index in [4.69, 9.17) is 5.11 Å². The van der Waals surface area contributed by atoms with Crippen LogP contribution in [-0.2, 0) is 17.8 Å². The molecule has 1 aliphatic heterocycles. The standard InChI is InChI=1S/C16H20F3NO2/c17-16(18,19)7-5-15(22)20-8-6-14(10-20)9-12-1-3-13(11-21)4-2-12/h1-4,14,21H,5-11H2/t14-/m1/s1. The molecule has 22 heavy (non-hydrogen) atoms. The number of hydrogen-bond acceptors (Lipinski definition) is 2. The average Bonchev–Trinajstić information content (AvgIpc) is 2.93. The number of alkyl halides is 3. The molecule has 1 fully saturated rings. The number of rotatable bonds is 5. The first-order chi connectivity index (χ1) is 10.4. The van der Waals surface area contributed by atoms with Crippen molar-refractivity contribution in [2.45, 2.75) is 38.5 Å². The molecule has 1 aromatic rings. The molecule has 0 radical (unpaired) electrons. The van der Waals surface area contributed by atoms with Crippen molar-refractivity contribution in [3.63, 3.8) is 0 Å². The maximum atomic E-state index is 12.1. The van der Waals surface area contributed by atoms with Gasteiger partial charge in [0.25, 0.3) is 0 Å². The van der Waals surface area contributed by atoms with Crippen LogP contribution in [0.5, 0.6) is 0 Å². The second kappa shape index (κ2) is 7.13. The third kappa shape index (κ3) is 5.02. The van der Waals surface area contributed by atoms with Gasteiger partial charge in [0.05, 0.1) is 13.0 Å². The quantitative estimate of drug-likeness (QED) is 0.907. The highest BCUT2D eigenvalue weighted by atomic mass is 19.4. The molecule has 0 aromatic heterocycles. The number of benzene rings is 1. The van der Waals surface area contributed by atoms with E-state index in [1.165, 1.54) is 0 Å². The van der Waals surface area contributed by atoms with E-state index >= 15 is 0 Å². The van der Waals surface area contributed by atoms with Crippen LogP contribution in [0.4, 0.5) is 13.2 Å². The van der Waals surface area contributed by atoms with Crippen LogP contribution in [0.25, 0.3) is 0 Å². The fourth-order valence-corrected chi connectivity index (χ4v) is 2.75. The normalized spacial score (nSPS) is 18.7. The highest BCUT2D eigenvalue weighted by Crippen LogP contribution is 2.25. The molecule has 0 aliphatic carbocycles. The number of likely N-dealkylation sites (tertiary alicyclic amines) is 1. The summed E-state index contributed by atoms with van der Waals surface area (Å²) in [4.78, 5) is 13.3. The van der Waals surface area contributed by atoms with E-state index in [-0.39, 0.29) is 12.5 Å². The molecule has 0 spiro atoms. The zero-order valence-corrected chi connectivity index (χ0v) is 12.3. The van der Waals surface area contributed by atoms with Gasteiger partial charge in [-0.2, -0.15) is 13.2 Å². The van der Waals surface area contributed by atoms with Gasteiger partial charge in [-0.25, -0.2) is 0 Å².